The molecule has 4 heteroatoms. The van der Waals surface area contributed by atoms with Crippen LogP contribution in [0.3, 0.4) is 0 Å². The summed E-state index contributed by atoms with van der Waals surface area (Å²) < 4.78 is 3.14. The number of aromatic nitrogens is 2. The minimum atomic E-state index is 0.795. The van der Waals surface area contributed by atoms with Gasteiger partial charge in [-0.05, 0) is 47.5 Å². The maximum absolute atomic E-state index is 4.55. The summed E-state index contributed by atoms with van der Waals surface area (Å²) >= 11 is 3.54. The fourth-order valence-electron chi connectivity index (χ4n) is 1.89. The van der Waals surface area contributed by atoms with Gasteiger partial charge in [0.25, 0.3) is 0 Å². The first-order valence-corrected chi connectivity index (χ1v) is 7.07. The molecule has 2 aromatic rings. The molecular formula is C14H18BrN3. The highest BCUT2D eigenvalue weighted by atomic mass is 79.9. The SMILES string of the molecule is CCc1cc(CNc2ccccc2Br)n(CC)n1. The first-order chi connectivity index (χ1) is 8.74. The number of rotatable bonds is 5. The number of anilines is 1. The molecule has 2 rings (SSSR count). The van der Waals surface area contributed by atoms with E-state index in [0.717, 1.165) is 35.4 Å². The van der Waals surface area contributed by atoms with Gasteiger partial charge in [0.05, 0.1) is 17.9 Å². The van der Waals surface area contributed by atoms with Crippen LogP contribution in [0.5, 0.6) is 0 Å². The quantitative estimate of drug-likeness (QED) is 0.909. The van der Waals surface area contributed by atoms with Gasteiger partial charge in [0, 0.05) is 16.7 Å². The third kappa shape index (κ3) is 2.93. The summed E-state index contributed by atoms with van der Waals surface area (Å²) in [7, 11) is 0. The zero-order valence-electron chi connectivity index (χ0n) is 10.8. The van der Waals surface area contributed by atoms with Crippen LogP contribution in [0.1, 0.15) is 25.2 Å². The average molecular weight is 308 g/mol. The van der Waals surface area contributed by atoms with Gasteiger partial charge in [-0.1, -0.05) is 19.1 Å². The second-order valence-electron chi connectivity index (χ2n) is 4.13. The Morgan fingerprint density at radius 2 is 2.06 bits per heavy atom. The van der Waals surface area contributed by atoms with Crippen molar-refractivity contribution in [3.05, 3.63) is 46.2 Å². The van der Waals surface area contributed by atoms with Crippen LogP contribution < -0.4 is 5.32 Å². The Morgan fingerprint density at radius 3 is 2.72 bits per heavy atom. The topological polar surface area (TPSA) is 29.9 Å². The van der Waals surface area contributed by atoms with Crippen molar-refractivity contribution >= 4 is 21.6 Å². The van der Waals surface area contributed by atoms with Gasteiger partial charge in [0.15, 0.2) is 0 Å². The van der Waals surface area contributed by atoms with Crippen molar-refractivity contribution in [3.63, 3.8) is 0 Å². The number of para-hydroxylation sites is 1. The molecule has 18 heavy (non-hydrogen) atoms. The van der Waals surface area contributed by atoms with E-state index in [1.807, 2.05) is 18.2 Å². The zero-order valence-corrected chi connectivity index (χ0v) is 12.4. The van der Waals surface area contributed by atoms with Gasteiger partial charge in [-0.15, -0.1) is 0 Å². The van der Waals surface area contributed by atoms with Gasteiger partial charge in [0.1, 0.15) is 0 Å². The lowest BCUT2D eigenvalue weighted by Crippen LogP contribution is -2.08. The van der Waals surface area contributed by atoms with E-state index in [4.69, 9.17) is 0 Å². The van der Waals surface area contributed by atoms with Crippen LogP contribution in [0.15, 0.2) is 34.8 Å². The third-order valence-electron chi connectivity index (χ3n) is 2.91. The minimum absolute atomic E-state index is 0.795. The first kappa shape index (κ1) is 13.1. The predicted molar refractivity (Wildman–Crippen MR) is 78.7 cm³/mol. The third-order valence-corrected chi connectivity index (χ3v) is 3.60. The fraction of sp³-hybridized carbons (Fsp3) is 0.357. The second kappa shape index (κ2) is 6.05. The standard InChI is InChI=1S/C14H18BrN3/c1-3-11-9-12(18(4-2)17-11)10-16-14-8-6-5-7-13(14)15/h5-9,16H,3-4,10H2,1-2H3. The van der Waals surface area contributed by atoms with E-state index in [0.29, 0.717) is 0 Å². The lowest BCUT2D eigenvalue weighted by molar-refractivity contribution is 0.619. The van der Waals surface area contributed by atoms with E-state index in [-0.39, 0.29) is 0 Å². The van der Waals surface area contributed by atoms with Crippen molar-refractivity contribution in [3.8, 4) is 0 Å². The lowest BCUT2D eigenvalue weighted by atomic mass is 10.3. The van der Waals surface area contributed by atoms with Crippen molar-refractivity contribution in [2.45, 2.75) is 33.4 Å². The molecule has 0 bridgehead atoms. The molecule has 96 valence electrons. The molecule has 1 aromatic heterocycles. The molecular weight excluding hydrogens is 290 g/mol. The van der Waals surface area contributed by atoms with Crippen LogP contribution in [0.25, 0.3) is 0 Å². The zero-order chi connectivity index (χ0) is 13.0. The Hall–Kier alpha value is -1.29. The summed E-state index contributed by atoms with van der Waals surface area (Å²) in [4.78, 5) is 0. The van der Waals surface area contributed by atoms with Crippen LogP contribution in [-0.4, -0.2) is 9.78 Å². The largest absolute Gasteiger partial charge is 0.378 e. The van der Waals surface area contributed by atoms with Gasteiger partial charge in [0.2, 0.25) is 0 Å². The Bertz CT molecular complexity index is 520. The molecule has 0 saturated heterocycles. The number of hydrogen-bond donors (Lipinski definition) is 1. The first-order valence-electron chi connectivity index (χ1n) is 6.28. The minimum Gasteiger partial charge on any atom is -0.378 e. The molecule has 0 fully saturated rings. The molecule has 1 N–H and O–H groups in total. The highest BCUT2D eigenvalue weighted by Gasteiger charge is 2.06. The van der Waals surface area contributed by atoms with E-state index in [2.05, 4.69) is 57.0 Å². The Kier molecular flexibility index (Phi) is 4.42. The summed E-state index contributed by atoms with van der Waals surface area (Å²) in [5.74, 6) is 0. The molecule has 0 spiro atoms. The van der Waals surface area contributed by atoms with Crippen molar-refractivity contribution in [2.24, 2.45) is 0 Å². The van der Waals surface area contributed by atoms with Crippen LogP contribution >= 0.6 is 15.9 Å². The van der Waals surface area contributed by atoms with E-state index < -0.39 is 0 Å². The average Bonchev–Trinajstić information content (AvgIpc) is 2.80. The molecule has 0 amide bonds. The number of halogens is 1. The Balaban J connectivity index is 2.10. The van der Waals surface area contributed by atoms with E-state index in [1.165, 1.54) is 5.69 Å². The molecule has 3 nitrogen and oxygen atoms in total. The predicted octanol–water partition coefficient (Wildman–Crippen LogP) is 3.84. The maximum Gasteiger partial charge on any atom is 0.0625 e. The molecule has 0 aliphatic rings. The van der Waals surface area contributed by atoms with Crippen molar-refractivity contribution < 1.29 is 0 Å². The van der Waals surface area contributed by atoms with Gasteiger partial charge in [-0.3, -0.25) is 4.68 Å². The number of nitrogens with zero attached hydrogens (tertiary/aromatic N) is 2. The molecule has 0 aliphatic carbocycles. The summed E-state index contributed by atoms with van der Waals surface area (Å²) in [5, 5.41) is 7.98. The number of nitrogens with one attached hydrogen (secondary N) is 1. The molecule has 0 aliphatic heterocycles. The van der Waals surface area contributed by atoms with Gasteiger partial charge in [-0.2, -0.15) is 5.10 Å². The van der Waals surface area contributed by atoms with Crippen LogP contribution in [-0.2, 0) is 19.5 Å². The van der Waals surface area contributed by atoms with E-state index in [9.17, 15) is 0 Å². The second-order valence-corrected chi connectivity index (χ2v) is 4.98. The monoisotopic (exact) mass is 307 g/mol. The van der Waals surface area contributed by atoms with Crippen LogP contribution in [0.4, 0.5) is 5.69 Å². The Labute approximate surface area is 116 Å². The summed E-state index contributed by atoms with van der Waals surface area (Å²) in [6.45, 7) is 5.96. The normalized spacial score (nSPS) is 10.6. The maximum atomic E-state index is 4.55. The van der Waals surface area contributed by atoms with Crippen molar-refractivity contribution in [1.82, 2.24) is 9.78 Å². The molecule has 0 saturated carbocycles. The molecule has 0 radical (unpaired) electrons. The van der Waals surface area contributed by atoms with Crippen LogP contribution in [0.2, 0.25) is 0 Å². The van der Waals surface area contributed by atoms with Crippen molar-refractivity contribution in [1.29, 1.82) is 0 Å². The smallest absolute Gasteiger partial charge is 0.0625 e. The van der Waals surface area contributed by atoms with Crippen LogP contribution in [0, 0.1) is 0 Å². The van der Waals surface area contributed by atoms with E-state index in [1.54, 1.807) is 0 Å². The fourth-order valence-corrected chi connectivity index (χ4v) is 2.32. The molecule has 0 atom stereocenters. The van der Waals surface area contributed by atoms with Gasteiger partial charge >= 0.3 is 0 Å². The van der Waals surface area contributed by atoms with Gasteiger partial charge < -0.3 is 5.32 Å². The van der Waals surface area contributed by atoms with Gasteiger partial charge in [-0.25, -0.2) is 0 Å². The lowest BCUT2D eigenvalue weighted by Gasteiger charge is -2.09. The molecule has 1 heterocycles. The highest BCUT2D eigenvalue weighted by molar-refractivity contribution is 9.10. The molecule has 0 unspecified atom stereocenters. The Morgan fingerprint density at radius 1 is 1.28 bits per heavy atom. The summed E-state index contributed by atoms with van der Waals surface area (Å²) in [6.07, 6.45) is 0.981. The summed E-state index contributed by atoms with van der Waals surface area (Å²) in [5.41, 5.74) is 3.49. The highest BCUT2D eigenvalue weighted by Crippen LogP contribution is 2.22. The number of benzene rings is 1. The number of hydrogen-bond acceptors (Lipinski definition) is 2. The van der Waals surface area contributed by atoms with E-state index >= 15 is 0 Å². The summed E-state index contributed by atoms with van der Waals surface area (Å²) in [6, 6.07) is 10.3. The van der Waals surface area contributed by atoms with Crippen molar-refractivity contribution in [2.75, 3.05) is 5.32 Å². The number of aryl methyl sites for hydroxylation is 2. The molecule has 1 aromatic carbocycles.